The van der Waals surface area contributed by atoms with Gasteiger partial charge in [0.05, 0.1) is 5.56 Å². The van der Waals surface area contributed by atoms with Crippen LogP contribution in [-0.4, -0.2) is 42.9 Å². The Morgan fingerprint density at radius 2 is 1.54 bits per heavy atom. The molecule has 0 aromatic heterocycles. The Hall–Kier alpha value is -2.04. The van der Waals surface area contributed by atoms with Gasteiger partial charge in [-0.15, -0.1) is 0 Å². The highest BCUT2D eigenvalue weighted by molar-refractivity contribution is 6.02. The van der Waals surface area contributed by atoms with Crippen molar-refractivity contribution in [3.05, 3.63) is 23.8 Å². The lowest BCUT2D eigenvalue weighted by atomic mass is 9.95. The number of anilines is 2. The fourth-order valence-corrected chi connectivity index (χ4v) is 3.60. The minimum Gasteiger partial charge on any atom is -0.371 e. The third-order valence-electron chi connectivity index (χ3n) is 5.26. The monoisotopic (exact) mass is 357 g/mol. The van der Waals surface area contributed by atoms with Crippen LogP contribution in [0.4, 0.5) is 11.4 Å². The van der Waals surface area contributed by atoms with Gasteiger partial charge in [0.2, 0.25) is 5.91 Å². The summed E-state index contributed by atoms with van der Waals surface area (Å²) >= 11 is 0. The average molecular weight is 357 g/mol. The second-order valence-electron chi connectivity index (χ2n) is 8.48. The minimum atomic E-state index is -0.468. The maximum atomic E-state index is 13.1. The summed E-state index contributed by atoms with van der Waals surface area (Å²) in [6.45, 7) is 9.32. The van der Waals surface area contributed by atoms with Crippen molar-refractivity contribution in [3.8, 4) is 0 Å². The Kier molecular flexibility index (Phi) is 5.54. The van der Waals surface area contributed by atoms with Crippen molar-refractivity contribution in [3.63, 3.8) is 0 Å². The number of nitrogens with zero attached hydrogens (tertiary/aromatic N) is 2. The molecule has 2 aliphatic rings. The molecule has 1 N–H and O–H groups in total. The fraction of sp³-hybridized carbons (Fsp3) is 0.619. The molecule has 2 heterocycles. The molecule has 0 bridgehead atoms. The number of benzene rings is 1. The molecule has 0 saturated carbocycles. The van der Waals surface area contributed by atoms with Gasteiger partial charge in [0.1, 0.15) is 0 Å². The van der Waals surface area contributed by atoms with Crippen LogP contribution in [0.1, 0.15) is 63.2 Å². The highest BCUT2D eigenvalue weighted by Gasteiger charge is 2.26. The quantitative estimate of drug-likeness (QED) is 0.893. The molecule has 3 rings (SSSR count). The van der Waals surface area contributed by atoms with Crippen LogP contribution in [0.2, 0.25) is 0 Å². The normalized spacial score (nSPS) is 18.1. The topological polar surface area (TPSA) is 52.7 Å². The molecule has 0 atom stereocenters. The van der Waals surface area contributed by atoms with Gasteiger partial charge >= 0.3 is 0 Å². The molecule has 1 aromatic carbocycles. The van der Waals surface area contributed by atoms with Gasteiger partial charge in [-0.25, -0.2) is 0 Å². The molecule has 2 fully saturated rings. The maximum Gasteiger partial charge on any atom is 0.256 e. The van der Waals surface area contributed by atoms with Gasteiger partial charge in [0, 0.05) is 43.0 Å². The summed E-state index contributed by atoms with van der Waals surface area (Å²) in [6, 6.07) is 5.80. The van der Waals surface area contributed by atoms with Crippen molar-refractivity contribution in [1.29, 1.82) is 0 Å². The van der Waals surface area contributed by atoms with Crippen LogP contribution in [0.3, 0.4) is 0 Å². The van der Waals surface area contributed by atoms with E-state index in [9.17, 15) is 9.59 Å². The number of hydrogen-bond acceptors (Lipinski definition) is 3. The minimum absolute atomic E-state index is 0.0391. The molecule has 1 aromatic rings. The summed E-state index contributed by atoms with van der Waals surface area (Å²) in [7, 11) is 0. The summed E-state index contributed by atoms with van der Waals surface area (Å²) in [4.78, 5) is 29.7. The number of piperidine rings is 1. The van der Waals surface area contributed by atoms with Crippen molar-refractivity contribution >= 4 is 23.2 Å². The van der Waals surface area contributed by atoms with Gasteiger partial charge in [-0.1, -0.05) is 20.8 Å². The Labute approximate surface area is 156 Å². The van der Waals surface area contributed by atoms with E-state index in [1.807, 2.05) is 43.9 Å². The Bertz CT molecular complexity index is 666. The first-order valence-corrected chi connectivity index (χ1v) is 9.86. The third-order valence-corrected chi connectivity index (χ3v) is 5.26. The van der Waals surface area contributed by atoms with Gasteiger partial charge < -0.3 is 15.1 Å². The Morgan fingerprint density at radius 1 is 0.923 bits per heavy atom. The zero-order chi connectivity index (χ0) is 18.7. The largest absolute Gasteiger partial charge is 0.371 e. The second-order valence-corrected chi connectivity index (χ2v) is 8.48. The predicted octanol–water partition coefficient (Wildman–Crippen LogP) is 3.90. The summed E-state index contributed by atoms with van der Waals surface area (Å²) < 4.78 is 0. The second kappa shape index (κ2) is 7.68. The van der Waals surface area contributed by atoms with E-state index in [0.29, 0.717) is 5.69 Å². The number of amides is 2. The van der Waals surface area contributed by atoms with Crippen LogP contribution in [0.5, 0.6) is 0 Å². The average Bonchev–Trinajstić information content (AvgIpc) is 3.15. The highest BCUT2D eigenvalue weighted by Crippen LogP contribution is 2.30. The number of nitrogens with one attached hydrogen (secondary N) is 1. The van der Waals surface area contributed by atoms with Gasteiger partial charge in [0.15, 0.2) is 0 Å². The predicted molar refractivity (Wildman–Crippen MR) is 106 cm³/mol. The zero-order valence-corrected chi connectivity index (χ0v) is 16.3. The molecule has 26 heavy (non-hydrogen) atoms. The summed E-state index contributed by atoms with van der Waals surface area (Å²) in [5, 5.41) is 2.97. The standard InChI is InChI=1S/C21H31N3O2/c1-21(2,3)20(26)22-16-9-10-18(23-11-5-4-6-12-23)17(15-16)19(25)24-13-7-8-14-24/h9-10,15H,4-8,11-14H2,1-3H3,(H,22,26). The third kappa shape index (κ3) is 4.19. The number of hydrogen-bond donors (Lipinski definition) is 1. The molecule has 0 radical (unpaired) electrons. The Morgan fingerprint density at radius 3 is 2.15 bits per heavy atom. The molecule has 0 spiro atoms. The van der Waals surface area contributed by atoms with Crippen molar-refractivity contribution < 1.29 is 9.59 Å². The van der Waals surface area contributed by atoms with E-state index in [0.717, 1.165) is 50.3 Å². The van der Waals surface area contributed by atoms with Crippen LogP contribution in [0.15, 0.2) is 18.2 Å². The number of rotatable bonds is 3. The van der Waals surface area contributed by atoms with Gasteiger partial charge in [-0.05, 0) is 50.3 Å². The molecular weight excluding hydrogens is 326 g/mol. The van der Waals surface area contributed by atoms with E-state index in [2.05, 4.69) is 10.2 Å². The summed E-state index contributed by atoms with van der Waals surface area (Å²) in [6.07, 6.45) is 5.74. The molecule has 2 aliphatic heterocycles. The lowest BCUT2D eigenvalue weighted by molar-refractivity contribution is -0.123. The van der Waals surface area contributed by atoms with Crippen molar-refractivity contribution in [1.82, 2.24) is 4.90 Å². The number of carbonyl (C=O) groups is 2. The zero-order valence-electron chi connectivity index (χ0n) is 16.3. The fourth-order valence-electron chi connectivity index (χ4n) is 3.60. The number of likely N-dealkylation sites (tertiary alicyclic amines) is 1. The Balaban J connectivity index is 1.91. The van der Waals surface area contributed by atoms with Crippen LogP contribution in [0, 0.1) is 5.41 Å². The lowest BCUT2D eigenvalue weighted by Crippen LogP contribution is -2.34. The van der Waals surface area contributed by atoms with Crippen molar-refractivity contribution in [2.75, 3.05) is 36.4 Å². The first-order valence-electron chi connectivity index (χ1n) is 9.86. The summed E-state index contributed by atoms with van der Waals surface area (Å²) in [5.41, 5.74) is 1.97. The molecule has 2 amide bonds. The molecule has 142 valence electrons. The van der Waals surface area contributed by atoms with Gasteiger partial charge in [-0.2, -0.15) is 0 Å². The van der Waals surface area contributed by atoms with Crippen LogP contribution >= 0.6 is 0 Å². The van der Waals surface area contributed by atoms with E-state index in [-0.39, 0.29) is 11.8 Å². The van der Waals surface area contributed by atoms with E-state index in [1.165, 1.54) is 19.3 Å². The molecule has 5 nitrogen and oxygen atoms in total. The molecule has 2 saturated heterocycles. The van der Waals surface area contributed by atoms with E-state index in [1.54, 1.807) is 0 Å². The molecular formula is C21H31N3O2. The van der Waals surface area contributed by atoms with Crippen molar-refractivity contribution in [2.45, 2.75) is 52.9 Å². The SMILES string of the molecule is CC(C)(C)C(=O)Nc1ccc(N2CCCCC2)c(C(=O)N2CCCC2)c1. The van der Waals surface area contributed by atoms with Crippen LogP contribution < -0.4 is 10.2 Å². The smallest absolute Gasteiger partial charge is 0.256 e. The van der Waals surface area contributed by atoms with E-state index in [4.69, 9.17) is 0 Å². The van der Waals surface area contributed by atoms with Crippen LogP contribution in [-0.2, 0) is 4.79 Å². The first-order chi connectivity index (χ1) is 12.4. The molecule has 0 unspecified atom stereocenters. The number of carbonyl (C=O) groups excluding carboxylic acids is 2. The molecule has 5 heteroatoms. The highest BCUT2D eigenvalue weighted by atomic mass is 16.2. The summed E-state index contributed by atoms with van der Waals surface area (Å²) in [5.74, 6) is 0.0534. The van der Waals surface area contributed by atoms with E-state index < -0.39 is 5.41 Å². The van der Waals surface area contributed by atoms with Crippen molar-refractivity contribution in [2.24, 2.45) is 5.41 Å². The van der Waals surface area contributed by atoms with E-state index >= 15 is 0 Å². The van der Waals surface area contributed by atoms with Gasteiger partial charge in [0.25, 0.3) is 5.91 Å². The first kappa shape index (κ1) is 18.7. The van der Waals surface area contributed by atoms with Gasteiger partial charge in [-0.3, -0.25) is 9.59 Å². The molecule has 0 aliphatic carbocycles. The lowest BCUT2D eigenvalue weighted by Gasteiger charge is -2.31. The van der Waals surface area contributed by atoms with Crippen LogP contribution in [0.25, 0.3) is 0 Å². The maximum absolute atomic E-state index is 13.1.